The third-order valence-corrected chi connectivity index (χ3v) is 3.43. The predicted molar refractivity (Wildman–Crippen MR) is 69.2 cm³/mol. The van der Waals surface area contributed by atoms with Gasteiger partial charge in [-0.2, -0.15) is 0 Å². The molecule has 0 fully saturated rings. The van der Waals surface area contributed by atoms with E-state index in [1.165, 1.54) is 17.7 Å². The first-order chi connectivity index (χ1) is 8.20. The van der Waals surface area contributed by atoms with E-state index in [1.807, 2.05) is 7.05 Å². The van der Waals surface area contributed by atoms with Gasteiger partial charge in [0, 0.05) is 23.6 Å². The van der Waals surface area contributed by atoms with E-state index in [0.717, 1.165) is 17.0 Å². The van der Waals surface area contributed by atoms with Gasteiger partial charge in [-0.25, -0.2) is 0 Å². The Morgan fingerprint density at radius 3 is 2.65 bits per heavy atom. The van der Waals surface area contributed by atoms with Crippen LogP contribution in [0.4, 0.5) is 5.69 Å². The highest BCUT2D eigenvalue weighted by Crippen LogP contribution is 2.28. The number of rotatable bonds is 4. The first kappa shape index (κ1) is 11.8. The second-order valence-corrected chi connectivity index (χ2v) is 4.56. The Hall–Kier alpha value is -1.72. The molecule has 0 spiro atoms. The lowest BCUT2D eigenvalue weighted by Crippen LogP contribution is -2.03. The molecule has 1 N–H and O–H groups in total. The van der Waals surface area contributed by atoms with Gasteiger partial charge >= 0.3 is 0 Å². The Balaban J connectivity index is 2.23. The molecule has 1 aromatic carbocycles. The molecule has 0 aliphatic rings. The van der Waals surface area contributed by atoms with Crippen LogP contribution in [0.5, 0.6) is 0 Å². The molecule has 0 aliphatic carbocycles. The summed E-state index contributed by atoms with van der Waals surface area (Å²) in [5, 5.41) is 15.7. The van der Waals surface area contributed by atoms with Gasteiger partial charge in [0.05, 0.1) is 4.92 Å². The quantitative estimate of drug-likeness (QED) is 0.668. The van der Waals surface area contributed by atoms with Crippen molar-refractivity contribution in [3.63, 3.8) is 0 Å². The molecule has 2 rings (SSSR count). The summed E-state index contributed by atoms with van der Waals surface area (Å²) in [5.74, 6) is 0. The van der Waals surface area contributed by atoms with Gasteiger partial charge in [0.2, 0.25) is 0 Å². The van der Waals surface area contributed by atoms with Crippen molar-refractivity contribution in [2.75, 3.05) is 7.05 Å². The normalized spacial score (nSPS) is 10.4. The topological polar surface area (TPSA) is 55.2 Å². The number of nitro groups is 1. The van der Waals surface area contributed by atoms with Crippen LogP contribution in [0.15, 0.2) is 35.7 Å². The summed E-state index contributed by atoms with van der Waals surface area (Å²) in [5.41, 5.74) is 2.37. The highest BCUT2D eigenvalue weighted by atomic mass is 32.1. The molecule has 17 heavy (non-hydrogen) atoms. The lowest BCUT2D eigenvalue weighted by Gasteiger charge is -1.96. The van der Waals surface area contributed by atoms with Crippen LogP contribution in [-0.4, -0.2) is 12.0 Å². The average Bonchev–Trinajstić information content (AvgIpc) is 2.78. The van der Waals surface area contributed by atoms with E-state index in [4.69, 9.17) is 0 Å². The van der Waals surface area contributed by atoms with Gasteiger partial charge in [-0.05, 0) is 41.8 Å². The van der Waals surface area contributed by atoms with Crippen molar-refractivity contribution in [3.8, 4) is 10.4 Å². The molecule has 88 valence electrons. The van der Waals surface area contributed by atoms with Crippen LogP contribution < -0.4 is 5.32 Å². The average molecular weight is 248 g/mol. The molecule has 0 saturated carbocycles. The van der Waals surface area contributed by atoms with Crippen LogP contribution in [-0.2, 0) is 6.54 Å². The minimum atomic E-state index is -0.384. The van der Waals surface area contributed by atoms with Crippen molar-refractivity contribution >= 4 is 17.0 Å². The zero-order chi connectivity index (χ0) is 12.3. The standard InChI is InChI=1S/C12H12N2O2S/c1-13-7-9-6-12(17-8-9)10-2-4-11(5-3-10)14(15)16/h2-6,8,13H,7H2,1H3. The highest BCUT2D eigenvalue weighted by molar-refractivity contribution is 7.13. The minimum absolute atomic E-state index is 0.126. The number of nitrogens with zero attached hydrogens (tertiary/aromatic N) is 1. The maximum absolute atomic E-state index is 10.5. The molecule has 1 aromatic heterocycles. The van der Waals surface area contributed by atoms with Crippen LogP contribution in [0.3, 0.4) is 0 Å². The molecule has 0 amide bonds. The maximum atomic E-state index is 10.5. The number of hydrogen-bond acceptors (Lipinski definition) is 4. The molecule has 1 heterocycles. The number of thiophene rings is 1. The fourth-order valence-electron chi connectivity index (χ4n) is 1.57. The molecular weight excluding hydrogens is 236 g/mol. The van der Waals surface area contributed by atoms with Crippen LogP contribution in [0.1, 0.15) is 5.56 Å². The van der Waals surface area contributed by atoms with Gasteiger partial charge in [-0.3, -0.25) is 10.1 Å². The monoisotopic (exact) mass is 248 g/mol. The van der Waals surface area contributed by atoms with Crippen molar-refractivity contribution < 1.29 is 4.92 Å². The predicted octanol–water partition coefficient (Wildman–Crippen LogP) is 3.04. The van der Waals surface area contributed by atoms with E-state index < -0.39 is 0 Å². The van der Waals surface area contributed by atoms with E-state index in [-0.39, 0.29) is 10.6 Å². The summed E-state index contributed by atoms with van der Waals surface area (Å²) < 4.78 is 0. The Kier molecular flexibility index (Phi) is 3.51. The molecular formula is C12H12N2O2S. The first-order valence-corrected chi connectivity index (χ1v) is 6.05. The summed E-state index contributed by atoms with van der Waals surface area (Å²) in [7, 11) is 1.91. The van der Waals surface area contributed by atoms with Crippen molar-refractivity contribution in [3.05, 3.63) is 51.4 Å². The molecule has 0 aliphatic heterocycles. The smallest absolute Gasteiger partial charge is 0.269 e. The van der Waals surface area contributed by atoms with E-state index in [0.29, 0.717) is 0 Å². The fourth-order valence-corrected chi connectivity index (χ4v) is 2.49. The Morgan fingerprint density at radius 1 is 1.35 bits per heavy atom. The lowest BCUT2D eigenvalue weighted by molar-refractivity contribution is -0.384. The Bertz CT molecular complexity index is 520. The summed E-state index contributed by atoms with van der Waals surface area (Å²) >= 11 is 1.65. The second kappa shape index (κ2) is 5.07. The van der Waals surface area contributed by atoms with Crippen molar-refractivity contribution in [1.82, 2.24) is 5.32 Å². The molecule has 0 bridgehead atoms. The first-order valence-electron chi connectivity index (χ1n) is 5.17. The highest BCUT2D eigenvalue weighted by Gasteiger charge is 2.06. The Labute approximate surface area is 103 Å². The van der Waals surface area contributed by atoms with Crippen LogP contribution in [0.25, 0.3) is 10.4 Å². The number of hydrogen-bond donors (Lipinski definition) is 1. The van der Waals surface area contributed by atoms with Gasteiger partial charge in [-0.1, -0.05) is 0 Å². The molecule has 0 atom stereocenters. The number of benzene rings is 1. The van der Waals surface area contributed by atoms with Crippen LogP contribution in [0, 0.1) is 10.1 Å². The fraction of sp³-hybridized carbons (Fsp3) is 0.167. The van der Waals surface area contributed by atoms with Crippen molar-refractivity contribution in [2.24, 2.45) is 0 Å². The Morgan fingerprint density at radius 2 is 2.06 bits per heavy atom. The zero-order valence-corrected chi connectivity index (χ0v) is 10.2. The van der Waals surface area contributed by atoms with Gasteiger partial charge in [0.15, 0.2) is 0 Å². The zero-order valence-electron chi connectivity index (χ0n) is 9.34. The molecule has 5 heteroatoms. The van der Waals surface area contributed by atoms with E-state index >= 15 is 0 Å². The molecule has 4 nitrogen and oxygen atoms in total. The van der Waals surface area contributed by atoms with E-state index in [2.05, 4.69) is 16.8 Å². The lowest BCUT2D eigenvalue weighted by atomic mass is 10.1. The maximum Gasteiger partial charge on any atom is 0.269 e. The molecule has 0 radical (unpaired) electrons. The third kappa shape index (κ3) is 2.69. The number of nitro benzene ring substituents is 1. The van der Waals surface area contributed by atoms with Crippen LogP contribution >= 0.6 is 11.3 Å². The van der Waals surface area contributed by atoms with Gasteiger partial charge in [0.25, 0.3) is 5.69 Å². The second-order valence-electron chi connectivity index (χ2n) is 3.65. The SMILES string of the molecule is CNCc1csc(-c2ccc([N+](=O)[O-])cc2)c1. The van der Waals surface area contributed by atoms with Crippen molar-refractivity contribution in [1.29, 1.82) is 0 Å². The number of nitrogens with one attached hydrogen (secondary N) is 1. The van der Waals surface area contributed by atoms with Gasteiger partial charge < -0.3 is 5.32 Å². The van der Waals surface area contributed by atoms with Crippen LogP contribution in [0.2, 0.25) is 0 Å². The van der Waals surface area contributed by atoms with Gasteiger partial charge in [0.1, 0.15) is 0 Å². The third-order valence-electron chi connectivity index (χ3n) is 2.40. The largest absolute Gasteiger partial charge is 0.316 e. The minimum Gasteiger partial charge on any atom is -0.316 e. The van der Waals surface area contributed by atoms with E-state index in [9.17, 15) is 10.1 Å². The summed E-state index contributed by atoms with van der Waals surface area (Å²) in [6.45, 7) is 0.837. The summed E-state index contributed by atoms with van der Waals surface area (Å²) in [4.78, 5) is 11.3. The number of non-ortho nitro benzene ring substituents is 1. The van der Waals surface area contributed by atoms with Crippen molar-refractivity contribution in [2.45, 2.75) is 6.54 Å². The summed E-state index contributed by atoms with van der Waals surface area (Å²) in [6, 6.07) is 8.74. The molecule has 0 unspecified atom stereocenters. The molecule has 2 aromatic rings. The van der Waals surface area contributed by atoms with Gasteiger partial charge in [-0.15, -0.1) is 11.3 Å². The summed E-state index contributed by atoms with van der Waals surface area (Å²) in [6.07, 6.45) is 0. The van der Waals surface area contributed by atoms with E-state index in [1.54, 1.807) is 23.5 Å². The molecule has 0 saturated heterocycles.